The van der Waals surface area contributed by atoms with Crippen LogP contribution in [-0.4, -0.2) is 28.0 Å². The van der Waals surface area contributed by atoms with Gasteiger partial charge in [-0.15, -0.1) is 0 Å². The highest BCUT2D eigenvalue weighted by molar-refractivity contribution is 6.08. The van der Waals surface area contributed by atoms with Crippen LogP contribution in [0.4, 0.5) is 0 Å². The molecule has 0 aliphatic heterocycles. The van der Waals surface area contributed by atoms with Crippen LogP contribution in [0.2, 0.25) is 0 Å². The van der Waals surface area contributed by atoms with E-state index in [2.05, 4.69) is 10.3 Å². The first kappa shape index (κ1) is 14.5. The summed E-state index contributed by atoms with van der Waals surface area (Å²) >= 11 is 0. The number of fused-ring (bicyclic) bond motifs is 2. The number of carboxylic acids is 1. The normalized spacial score (nSPS) is 14.6. The molecule has 1 heterocycles. The molecule has 3 rings (SSSR count). The van der Waals surface area contributed by atoms with Crippen molar-refractivity contribution < 1.29 is 14.7 Å². The average Bonchev–Trinajstić information content (AvgIpc) is 2.90. The SMILES string of the molecule is CC(CC(=O)O)NC(=O)c1c2c(nc3ccccc13)CCC2. The molecule has 0 saturated heterocycles. The highest BCUT2D eigenvalue weighted by atomic mass is 16.4. The Labute approximate surface area is 128 Å². The van der Waals surface area contributed by atoms with Crippen LogP contribution in [0.1, 0.15) is 41.4 Å². The molecule has 1 aliphatic rings. The first-order valence-corrected chi connectivity index (χ1v) is 7.49. The molecule has 1 aromatic carbocycles. The third-order valence-electron chi connectivity index (χ3n) is 4.00. The maximum absolute atomic E-state index is 12.7. The predicted octanol–water partition coefficient (Wildman–Crippen LogP) is 2.32. The summed E-state index contributed by atoms with van der Waals surface area (Å²) in [6.45, 7) is 1.70. The number of aryl methyl sites for hydroxylation is 1. The van der Waals surface area contributed by atoms with Gasteiger partial charge in [-0.1, -0.05) is 18.2 Å². The summed E-state index contributed by atoms with van der Waals surface area (Å²) in [5.74, 6) is -1.12. The summed E-state index contributed by atoms with van der Waals surface area (Å²) < 4.78 is 0. The number of nitrogens with one attached hydrogen (secondary N) is 1. The summed E-state index contributed by atoms with van der Waals surface area (Å²) in [5.41, 5.74) is 3.49. The van der Waals surface area contributed by atoms with Crippen molar-refractivity contribution in [1.82, 2.24) is 10.3 Å². The number of para-hydroxylation sites is 1. The van der Waals surface area contributed by atoms with E-state index in [0.29, 0.717) is 5.56 Å². The molecule has 5 heteroatoms. The van der Waals surface area contributed by atoms with Crippen LogP contribution in [-0.2, 0) is 17.6 Å². The molecule has 1 amide bonds. The van der Waals surface area contributed by atoms with Crippen molar-refractivity contribution in [1.29, 1.82) is 0 Å². The Morgan fingerprint density at radius 2 is 2.09 bits per heavy atom. The fraction of sp³-hybridized carbons (Fsp3) is 0.353. The summed E-state index contributed by atoms with van der Waals surface area (Å²) in [5, 5.41) is 12.5. The van der Waals surface area contributed by atoms with E-state index < -0.39 is 12.0 Å². The monoisotopic (exact) mass is 298 g/mol. The van der Waals surface area contributed by atoms with Crippen molar-refractivity contribution in [3.63, 3.8) is 0 Å². The zero-order valence-corrected chi connectivity index (χ0v) is 12.4. The zero-order valence-electron chi connectivity index (χ0n) is 12.4. The van der Waals surface area contributed by atoms with Crippen molar-refractivity contribution in [3.8, 4) is 0 Å². The van der Waals surface area contributed by atoms with Crippen LogP contribution in [0, 0.1) is 0 Å². The summed E-state index contributed by atoms with van der Waals surface area (Å²) in [6, 6.07) is 7.20. The van der Waals surface area contributed by atoms with Gasteiger partial charge in [0, 0.05) is 17.1 Å². The van der Waals surface area contributed by atoms with Gasteiger partial charge in [-0.2, -0.15) is 0 Å². The molecule has 1 aromatic heterocycles. The fourth-order valence-corrected chi connectivity index (χ4v) is 3.08. The Morgan fingerprint density at radius 1 is 1.32 bits per heavy atom. The van der Waals surface area contributed by atoms with Crippen LogP contribution < -0.4 is 5.32 Å². The third kappa shape index (κ3) is 2.66. The number of carboxylic acid groups (broad SMARTS) is 1. The molecule has 1 aliphatic carbocycles. The number of aromatic nitrogens is 1. The van der Waals surface area contributed by atoms with E-state index in [4.69, 9.17) is 5.11 Å². The van der Waals surface area contributed by atoms with Gasteiger partial charge in [0.15, 0.2) is 0 Å². The molecular weight excluding hydrogens is 280 g/mol. The maximum atomic E-state index is 12.7. The van der Waals surface area contributed by atoms with Crippen LogP contribution in [0.15, 0.2) is 24.3 Å². The number of carbonyl (C=O) groups is 2. The highest BCUT2D eigenvalue weighted by Gasteiger charge is 2.24. The maximum Gasteiger partial charge on any atom is 0.305 e. The topological polar surface area (TPSA) is 79.3 Å². The molecule has 1 atom stereocenters. The zero-order chi connectivity index (χ0) is 15.7. The van der Waals surface area contributed by atoms with Crippen molar-refractivity contribution in [2.75, 3.05) is 0 Å². The molecule has 114 valence electrons. The quantitative estimate of drug-likeness (QED) is 0.908. The summed E-state index contributed by atoms with van der Waals surface area (Å²) in [6.07, 6.45) is 2.66. The lowest BCUT2D eigenvalue weighted by Crippen LogP contribution is -2.35. The Morgan fingerprint density at radius 3 is 2.86 bits per heavy atom. The molecule has 5 nitrogen and oxygen atoms in total. The van der Waals surface area contributed by atoms with E-state index in [0.717, 1.165) is 41.4 Å². The highest BCUT2D eigenvalue weighted by Crippen LogP contribution is 2.29. The molecule has 2 aromatic rings. The number of nitrogens with zero attached hydrogens (tertiary/aromatic N) is 1. The third-order valence-corrected chi connectivity index (χ3v) is 4.00. The molecule has 2 N–H and O–H groups in total. The number of rotatable bonds is 4. The smallest absolute Gasteiger partial charge is 0.305 e. The summed E-state index contributed by atoms with van der Waals surface area (Å²) in [7, 11) is 0. The van der Waals surface area contributed by atoms with Gasteiger partial charge in [-0.25, -0.2) is 0 Å². The number of benzene rings is 1. The Balaban J connectivity index is 2.02. The van der Waals surface area contributed by atoms with E-state index in [1.54, 1.807) is 6.92 Å². The van der Waals surface area contributed by atoms with E-state index in [-0.39, 0.29) is 12.3 Å². The molecule has 0 radical (unpaired) electrons. The van der Waals surface area contributed by atoms with Crippen LogP contribution in [0.25, 0.3) is 10.9 Å². The second-order valence-corrected chi connectivity index (χ2v) is 5.76. The fourth-order valence-electron chi connectivity index (χ4n) is 3.08. The van der Waals surface area contributed by atoms with Crippen molar-refractivity contribution >= 4 is 22.8 Å². The first-order chi connectivity index (χ1) is 10.6. The van der Waals surface area contributed by atoms with Crippen LogP contribution >= 0.6 is 0 Å². The average molecular weight is 298 g/mol. The van der Waals surface area contributed by atoms with Gasteiger partial charge in [0.2, 0.25) is 0 Å². The van der Waals surface area contributed by atoms with E-state index >= 15 is 0 Å². The molecule has 22 heavy (non-hydrogen) atoms. The molecule has 0 saturated carbocycles. The minimum atomic E-state index is -0.919. The number of carbonyl (C=O) groups excluding carboxylic acids is 1. The minimum Gasteiger partial charge on any atom is -0.481 e. The van der Waals surface area contributed by atoms with E-state index in [1.807, 2.05) is 24.3 Å². The van der Waals surface area contributed by atoms with Gasteiger partial charge < -0.3 is 10.4 Å². The van der Waals surface area contributed by atoms with Gasteiger partial charge in [0.1, 0.15) is 0 Å². The van der Waals surface area contributed by atoms with Gasteiger partial charge in [-0.05, 0) is 37.8 Å². The molecular formula is C17H18N2O3. The second kappa shape index (κ2) is 5.75. The number of amides is 1. The van der Waals surface area contributed by atoms with Crippen molar-refractivity contribution in [2.24, 2.45) is 0 Å². The second-order valence-electron chi connectivity index (χ2n) is 5.76. The standard InChI is InChI=1S/C17H18N2O3/c1-10(9-15(20)21)18-17(22)16-11-5-2-3-7-13(11)19-14-8-4-6-12(14)16/h2-3,5,7,10H,4,6,8-9H2,1H3,(H,18,22)(H,20,21). The number of pyridine rings is 1. The largest absolute Gasteiger partial charge is 0.481 e. The van der Waals surface area contributed by atoms with E-state index in [1.165, 1.54) is 0 Å². The molecule has 0 spiro atoms. The number of aliphatic carboxylic acids is 1. The van der Waals surface area contributed by atoms with Crippen LogP contribution in [0.3, 0.4) is 0 Å². The molecule has 0 fully saturated rings. The number of hydrogen-bond donors (Lipinski definition) is 2. The minimum absolute atomic E-state index is 0.0864. The van der Waals surface area contributed by atoms with Gasteiger partial charge in [0.05, 0.1) is 17.5 Å². The Kier molecular flexibility index (Phi) is 3.79. The lowest BCUT2D eigenvalue weighted by Gasteiger charge is -2.15. The van der Waals surface area contributed by atoms with Crippen molar-refractivity contribution in [3.05, 3.63) is 41.1 Å². The lowest BCUT2D eigenvalue weighted by molar-refractivity contribution is -0.137. The molecule has 1 unspecified atom stereocenters. The number of hydrogen-bond acceptors (Lipinski definition) is 3. The van der Waals surface area contributed by atoms with Gasteiger partial charge in [0.25, 0.3) is 5.91 Å². The van der Waals surface area contributed by atoms with E-state index in [9.17, 15) is 9.59 Å². The lowest BCUT2D eigenvalue weighted by atomic mass is 10.00. The molecule has 0 bridgehead atoms. The van der Waals surface area contributed by atoms with Gasteiger partial charge in [-0.3, -0.25) is 14.6 Å². The summed E-state index contributed by atoms with van der Waals surface area (Å²) in [4.78, 5) is 28.1. The Hall–Kier alpha value is -2.43. The Bertz CT molecular complexity index is 755. The first-order valence-electron chi connectivity index (χ1n) is 7.49. The van der Waals surface area contributed by atoms with Gasteiger partial charge >= 0.3 is 5.97 Å². The van der Waals surface area contributed by atoms with Crippen molar-refractivity contribution in [2.45, 2.75) is 38.6 Å². The predicted molar refractivity (Wildman–Crippen MR) is 82.9 cm³/mol. The van der Waals surface area contributed by atoms with Crippen LogP contribution in [0.5, 0.6) is 0 Å².